The molecular weight excluding hydrogens is 307 g/mol. The standard InChI is InChI=1S/C15H11F5O2/c1-15(21,7-5-3-4-6-8(7)22-2)9-10(16)12(18)14(20)13(19)11(9)17/h3-6,21H,1-2H3. The van der Waals surface area contributed by atoms with Gasteiger partial charge in [0.2, 0.25) is 5.82 Å². The van der Waals surface area contributed by atoms with E-state index in [2.05, 4.69) is 0 Å². The maximum absolute atomic E-state index is 13.9. The van der Waals surface area contributed by atoms with Crippen molar-refractivity contribution < 1.29 is 31.8 Å². The lowest BCUT2D eigenvalue weighted by Gasteiger charge is -2.27. The van der Waals surface area contributed by atoms with Gasteiger partial charge in [0.1, 0.15) is 11.4 Å². The van der Waals surface area contributed by atoms with E-state index in [1.165, 1.54) is 31.4 Å². The van der Waals surface area contributed by atoms with Crippen molar-refractivity contribution in [3.63, 3.8) is 0 Å². The molecule has 1 atom stereocenters. The molecule has 1 unspecified atom stereocenters. The summed E-state index contributed by atoms with van der Waals surface area (Å²) in [4.78, 5) is 0. The van der Waals surface area contributed by atoms with Gasteiger partial charge in [0.15, 0.2) is 23.3 Å². The number of hydrogen-bond acceptors (Lipinski definition) is 2. The summed E-state index contributed by atoms with van der Waals surface area (Å²) in [5, 5.41) is 10.5. The van der Waals surface area contributed by atoms with Gasteiger partial charge in [-0.3, -0.25) is 0 Å². The van der Waals surface area contributed by atoms with Crippen molar-refractivity contribution in [3.05, 3.63) is 64.5 Å². The number of ether oxygens (including phenoxy) is 1. The van der Waals surface area contributed by atoms with Gasteiger partial charge in [-0.25, -0.2) is 22.0 Å². The van der Waals surface area contributed by atoms with Gasteiger partial charge < -0.3 is 9.84 Å². The van der Waals surface area contributed by atoms with Crippen LogP contribution in [0.15, 0.2) is 24.3 Å². The highest BCUT2D eigenvalue weighted by Gasteiger charge is 2.39. The zero-order chi connectivity index (χ0) is 16.7. The minimum atomic E-state index is -2.49. The van der Waals surface area contributed by atoms with E-state index in [9.17, 15) is 27.1 Å². The molecule has 0 saturated heterocycles. The van der Waals surface area contributed by atoms with Crippen LogP contribution in [-0.2, 0) is 5.60 Å². The third kappa shape index (κ3) is 2.31. The van der Waals surface area contributed by atoms with Crippen molar-refractivity contribution in [2.75, 3.05) is 7.11 Å². The third-order valence-electron chi connectivity index (χ3n) is 3.33. The summed E-state index contributed by atoms with van der Waals surface area (Å²) in [6.07, 6.45) is 0. The van der Waals surface area contributed by atoms with Crippen LogP contribution in [0.1, 0.15) is 18.1 Å². The van der Waals surface area contributed by atoms with Crippen molar-refractivity contribution in [2.45, 2.75) is 12.5 Å². The molecule has 0 radical (unpaired) electrons. The Morgan fingerprint density at radius 2 is 1.32 bits per heavy atom. The van der Waals surface area contributed by atoms with Crippen LogP contribution in [0.25, 0.3) is 0 Å². The molecule has 2 nitrogen and oxygen atoms in total. The minimum Gasteiger partial charge on any atom is -0.496 e. The van der Waals surface area contributed by atoms with Crippen molar-refractivity contribution in [1.82, 2.24) is 0 Å². The summed E-state index contributed by atoms with van der Waals surface area (Å²) in [5.41, 5.74) is -3.97. The van der Waals surface area contributed by atoms with E-state index in [0.717, 1.165) is 6.92 Å². The molecule has 0 heterocycles. The van der Waals surface area contributed by atoms with Crippen LogP contribution in [0.2, 0.25) is 0 Å². The zero-order valence-electron chi connectivity index (χ0n) is 11.6. The fourth-order valence-corrected chi connectivity index (χ4v) is 2.21. The monoisotopic (exact) mass is 318 g/mol. The fraction of sp³-hybridized carbons (Fsp3) is 0.200. The molecule has 0 aromatic heterocycles. The van der Waals surface area contributed by atoms with E-state index in [-0.39, 0.29) is 11.3 Å². The predicted molar refractivity (Wildman–Crippen MR) is 67.9 cm³/mol. The van der Waals surface area contributed by atoms with E-state index in [0.29, 0.717) is 0 Å². The van der Waals surface area contributed by atoms with Gasteiger partial charge in [-0.1, -0.05) is 18.2 Å². The van der Waals surface area contributed by atoms with E-state index < -0.39 is 40.3 Å². The summed E-state index contributed by atoms with van der Waals surface area (Å²) in [6.45, 7) is 0.920. The van der Waals surface area contributed by atoms with Crippen LogP contribution in [0.4, 0.5) is 22.0 Å². The van der Waals surface area contributed by atoms with E-state index >= 15 is 0 Å². The van der Waals surface area contributed by atoms with Gasteiger partial charge in [-0.05, 0) is 13.0 Å². The number of benzene rings is 2. The quantitative estimate of drug-likeness (QED) is 0.532. The Labute approximate surface area is 122 Å². The second-order valence-corrected chi connectivity index (χ2v) is 4.72. The lowest BCUT2D eigenvalue weighted by molar-refractivity contribution is 0.0874. The van der Waals surface area contributed by atoms with Crippen molar-refractivity contribution in [1.29, 1.82) is 0 Å². The zero-order valence-corrected chi connectivity index (χ0v) is 11.6. The smallest absolute Gasteiger partial charge is 0.200 e. The Kier molecular flexibility index (Phi) is 4.10. The van der Waals surface area contributed by atoms with Crippen LogP contribution in [0.5, 0.6) is 5.75 Å². The summed E-state index contributed by atoms with van der Waals surface area (Å²) in [5.74, 6) is -10.7. The molecule has 0 amide bonds. The first-order chi connectivity index (χ1) is 10.2. The molecule has 0 fully saturated rings. The molecule has 0 bridgehead atoms. The number of methoxy groups -OCH3 is 1. The first-order valence-electron chi connectivity index (χ1n) is 6.11. The van der Waals surface area contributed by atoms with Gasteiger partial charge in [0.05, 0.1) is 12.7 Å². The molecule has 1 N–H and O–H groups in total. The average Bonchev–Trinajstić information content (AvgIpc) is 2.50. The van der Waals surface area contributed by atoms with E-state index in [1.54, 1.807) is 0 Å². The molecule has 7 heteroatoms. The summed E-state index contributed by atoms with van der Waals surface area (Å²) < 4.78 is 72.5. The number of aliphatic hydroxyl groups is 1. The first kappa shape index (κ1) is 16.2. The molecular formula is C15H11F5O2. The molecule has 0 saturated carbocycles. The SMILES string of the molecule is COc1ccccc1C(C)(O)c1c(F)c(F)c(F)c(F)c1F. The van der Waals surface area contributed by atoms with Gasteiger partial charge in [-0.15, -0.1) is 0 Å². The fourth-order valence-electron chi connectivity index (χ4n) is 2.21. The average molecular weight is 318 g/mol. The van der Waals surface area contributed by atoms with Crippen LogP contribution in [-0.4, -0.2) is 12.2 Å². The highest BCUT2D eigenvalue weighted by Crippen LogP contribution is 2.39. The minimum absolute atomic E-state index is 0.0384. The van der Waals surface area contributed by atoms with Gasteiger partial charge in [-0.2, -0.15) is 0 Å². The normalized spacial score (nSPS) is 13.8. The molecule has 0 aliphatic carbocycles. The predicted octanol–water partition coefficient (Wildman–Crippen LogP) is 3.65. The van der Waals surface area contributed by atoms with Gasteiger partial charge >= 0.3 is 0 Å². The first-order valence-corrected chi connectivity index (χ1v) is 6.11. The Bertz CT molecular complexity index is 699. The second-order valence-electron chi connectivity index (χ2n) is 4.72. The summed E-state index contributed by atoms with van der Waals surface area (Å²) >= 11 is 0. The van der Waals surface area contributed by atoms with Crippen LogP contribution in [0, 0.1) is 29.1 Å². The highest BCUT2D eigenvalue weighted by molar-refractivity contribution is 5.45. The molecule has 2 aromatic carbocycles. The lowest BCUT2D eigenvalue weighted by Crippen LogP contribution is -2.28. The molecule has 0 aliphatic rings. The summed E-state index contributed by atoms with van der Waals surface area (Å²) in [6, 6.07) is 5.60. The Morgan fingerprint density at radius 3 is 1.82 bits per heavy atom. The maximum Gasteiger partial charge on any atom is 0.200 e. The van der Waals surface area contributed by atoms with Crippen molar-refractivity contribution in [3.8, 4) is 5.75 Å². The Balaban J connectivity index is 2.80. The molecule has 2 aromatic rings. The Hall–Kier alpha value is -2.15. The van der Waals surface area contributed by atoms with Gasteiger partial charge in [0, 0.05) is 5.56 Å². The number of rotatable bonds is 3. The molecule has 22 heavy (non-hydrogen) atoms. The number of hydrogen-bond donors (Lipinski definition) is 1. The summed E-state index contributed by atoms with van der Waals surface area (Å²) in [7, 11) is 1.24. The largest absolute Gasteiger partial charge is 0.496 e. The third-order valence-corrected chi connectivity index (χ3v) is 3.33. The van der Waals surface area contributed by atoms with Crippen molar-refractivity contribution >= 4 is 0 Å². The molecule has 0 spiro atoms. The van der Waals surface area contributed by atoms with E-state index in [1.807, 2.05) is 0 Å². The number of halogens is 5. The molecule has 0 aliphatic heterocycles. The van der Waals surface area contributed by atoms with Crippen LogP contribution < -0.4 is 4.74 Å². The maximum atomic E-state index is 13.9. The second kappa shape index (κ2) is 5.57. The van der Waals surface area contributed by atoms with Gasteiger partial charge in [0.25, 0.3) is 0 Å². The highest BCUT2D eigenvalue weighted by atomic mass is 19.2. The number of para-hydroxylation sites is 1. The Morgan fingerprint density at radius 1 is 0.864 bits per heavy atom. The lowest BCUT2D eigenvalue weighted by atomic mass is 9.86. The topological polar surface area (TPSA) is 29.5 Å². The van der Waals surface area contributed by atoms with Crippen LogP contribution in [0.3, 0.4) is 0 Å². The molecule has 2 rings (SSSR count). The van der Waals surface area contributed by atoms with Crippen LogP contribution >= 0.6 is 0 Å². The van der Waals surface area contributed by atoms with Crippen molar-refractivity contribution in [2.24, 2.45) is 0 Å². The van der Waals surface area contributed by atoms with E-state index in [4.69, 9.17) is 4.74 Å². The molecule has 118 valence electrons.